The van der Waals surface area contributed by atoms with Crippen LogP contribution in [0.3, 0.4) is 0 Å². The number of hydrogen-bond acceptors (Lipinski definition) is 4. The van der Waals surface area contributed by atoms with Crippen molar-refractivity contribution in [3.63, 3.8) is 0 Å². The average molecular weight is 257 g/mol. The molecule has 1 heterocycles. The molecule has 0 aromatic heterocycles. The molecule has 1 fully saturated rings. The lowest BCUT2D eigenvalue weighted by molar-refractivity contribution is -0.132. The molecule has 0 aliphatic carbocycles. The molecule has 4 N–H and O–H groups in total. The predicted octanol–water partition coefficient (Wildman–Crippen LogP) is -0.949. The Labute approximate surface area is 108 Å². The number of carbonyl (C=O) groups is 1. The smallest absolute Gasteiger partial charge is 0.222 e. The van der Waals surface area contributed by atoms with Gasteiger partial charge in [-0.15, -0.1) is 0 Å². The van der Waals surface area contributed by atoms with Gasteiger partial charge in [0, 0.05) is 33.2 Å². The molecule has 1 saturated heterocycles. The minimum atomic E-state index is 0.0843. The summed E-state index contributed by atoms with van der Waals surface area (Å²) in [6.07, 6.45) is 1.30. The molecule has 18 heavy (non-hydrogen) atoms. The van der Waals surface area contributed by atoms with E-state index in [0.29, 0.717) is 25.5 Å². The molecule has 0 bridgehead atoms. The zero-order valence-electron chi connectivity index (χ0n) is 11.3. The maximum absolute atomic E-state index is 11.4. The number of nitrogens with one attached hydrogen (secondary N) is 2. The fourth-order valence-electron chi connectivity index (χ4n) is 1.92. The molecule has 2 unspecified atom stereocenters. The highest BCUT2D eigenvalue weighted by Crippen LogP contribution is 2.12. The van der Waals surface area contributed by atoms with E-state index in [1.54, 1.807) is 19.1 Å². The summed E-state index contributed by atoms with van der Waals surface area (Å²) in [6.45, 7) is 3.18. The van der Waals surface area contributed by atoms with Crippen LogP contribution >= 0.6 is 0 Å². The van der Waals surface area contributed by atoms with Gasteiger partial charge in [0.1, 0.15) is 0 Å². The van der Waals surface area contributed by atoms with E-state index < -0.39 is 0 Å². The SMILES string of the molecule is COCC(C)NC(=NC1CCC(=O)N(C)C1)NN. The fourth-order valence-corrected chi connectivity index (χ4v) is 1.92. The Balaban J connectivity index is 2.53. The highest BCUT2D eigenvalue weighted by atomic mass is 16.5. The number of likely N-dealkylation sites (tertiary alicyclic amines) is 1. The summed E-state index contributed by atoms with van der Waals surface area (Å²) in [5, 5.41) is 3.13. The van der Waals surface area contributed by atoms with Crippen molar-refractivity contribution in [2.24, 2.45) is 10.8 Å². The fraction of sp³-hybridized carbons (Fsp3) is 0.818. The van der Waals surface area contributed by atoms with Crippen molar-refractivity contribution in [3.05, 3.63) is 0 Å². The number of piperidine rings is 1. The van der Waals surface area contributed by atoms with Gasteiger partial charge >= 0.3 is 0 Å². The van der Waals surface area contributed by atoms with E-state index in [-0.39, 0.29) is 18.0 Å². The first-order valence-electron chi connectivity index (χ1n) is 6.10. The van der Waals surface area contributed by atoms with Crippen molar-refractivity contribution < 1.29 is 9.53 Å². The second-order valence-electron chi connectivity index (χ2n) is 4.59. The Kier molecular flexibility index (Phi) is 5.87. The van der Waals surface area contributed by atoms with Gasteiger partial charge in [0.2, 0.25) is 11.9 Å². The highest BCUT2D eigenvalue weighted by Gasteiger charge is 2.22. The molecule has 1 amide bonds. The van der Waals surface area contributed by atoms with E-state index >= 15 is 0 Å². The van der Waals surface area contributed by atoms with Gasteiger partial charge in [-0.3, -0.25) is 10.2 Å². The van der Waals surface area contributed by atoms with Gasteiger partial charge in [-0.1, -0.05) is 0 Å². The van der Waals surface area contributed by atoms with Crippen molar-refractivity contribution in [1.82, 2.24) is 15.6 Å². The van der Waals surface area contributed by atoms with Gasteiger partial charge in [0.05, 0.1) is 12.6 Å². The third-order valence-electron chi connectivity index (χ3n) is 2.85. The van der Waals surface area contributed by atoms with E-state index in [4.69, 9.17) is 10.6 Å². The third kappa shape index (κ3) is 4.50. The number of likely N-dealkylation sites (N-methyl/N-ethyl adjacent to an activating group) is 1. The number of nitrogens with zero attached hydrogens (tertiary/aromatic N) is 2. The third-order valence-corrected chi connectivity index (χ3v) is 2.85. The molecule has 1 aliphatic heterocycles. The molecular weight excluding hydrogens is 234 g/mol. The van der Waals surface area contributed by atoms with Crippen LogP contribution < -0.4 is 16.6 Å². The summed E-state index contributed by atoms with van der Waals surface area (Å²) in [5.74, 6) is 6.14. The number of hydrazine groups is 1. The number of aliphatic imine (C=N–C) groups is 1. The molecular formula is C11H23N5O2. The van der Waals surface area contributed by atoms with Crippen molar-refractivity contribution in [2.75, 3.05) is 27.3 Å². The molecule has 0 radical (unpaired) electrons. The monoisotopic (exact) mass is 257 g/mol. The van der Waals surface area contributed by atoms with Crippen LogP contribution in [0.1, 0.15) is 19.8 Å². The van der Waals surface area contributed by atoms with Gasteiger partial charge in [0.25, 0.3) is 0 Å². The Hall–Kier alpha value is -1.34. The van der Waals surface area contributed by atoms with Crippen molar-refractivity contribution >= 4 is 11.9 Å². The molecule has 0 aromatic rings. The molecule has 2 atom stereocenters. The van der Waals surface area contributed by atoms with Gasteiger partial charge in [-0.2, -0.15) is 0 Å². The van der Waals surface area contributed by atoms with Crippen LogP contribution in [0.4, 0.5) is 0 Å². The quantitative estimate of drug-likeness (QED) is 0.261. The van der Waals surface area contributed by atoms with Crippen LogP contribution in [-0.4, -0.2) is 56.2 Å². The molecule has 7 heteroatoms. The maximum Gasteiger partial charge on any atom is 0.222 e. The second-order valence-corrected chi connectivity index (χ2v) is 4.59. The van der Waals surface area contributed by atoms with Gasteiger partial charge in [-0.05, 0) is 13.3 Å². The summed E-state index contributed by atoms with van der Waals surface area (Å²) in [6, 6.07) is 0.203. The summed E-state index contributed by atoms with van der Waals surface area (Å²) >= 11 is 0. The predicted molar refractivity (Wildman–Crippen MR) is 69.9 cm³/mol. The van der Waals surface area contributed by atoms with E-state index in [0.717, 1.165) is 6.42 Å². The van der Waals surface area contributed by atoms with E-state index in [1.165, 1.54) is 0 Å². The number of carbonyl (C=O) groups excluding carboxylic acids is 1. The number of methoxy groups -OCH3 is 1. The number of guanidine groups is 1. The lowest BCUT2D eigenvalue weighted by atomic mass is 10.1. The Morgan fingerprint density at radius 1 is 1.72 bits per heavy atom. The topological polar surface area (TPSA) is 92.0 Å². The van der Waals surface area contributed by atoms with Crippen molar-refractivity contribution in [1.29, 1.82) is 0 Å². The second kappa shape index (κ2) is 7.17. The van der Waals surface area contributed by atoms with Crippen LogP contribution in [0, 0.1) is 0 Å². The summed E-state index contributed by atoms with van der Waals surface area (Å²) in [4.78, 5) is 17.5. The van der Waals surface area contributed by atoms with Crippen LogP contribution in [0.15, 0.2) is 4.99 Å². The number of rotatable bonds is 4. The van der Waals surface area contributed by atoms with Crippen LogP contribution in [0.25, 0.3) is 0 Å². The minimum Gasteiger partial charge on any atom is -0.383 e. The average Bonchev–Trinajstić information content (AvgIpc) is 2.33. The summed E-state index contributed by atoms with van der Waals surface area (Å²) < 4.78 is 5.03. The molecule has 0 aromatic carbocycles. The maximum atomic E-state index is 11.4. The van der Waals surface area contributed by atoms with Gasteiger partial charge < -0.3 is 15.0 Å². The number of ether oxygens (including phenoxy) is 1. The van der Waals surface area contributed by atoms with Crippen molar-refractivity contribution in [2.45, 2.75) is 31.8 Å². The molecule has 7 nitrogen and oxygen atoms in total. The molecule has 1 rings (SSSR count). The van der Waals surface area contributed by atoms with Crippen LogP contribution in [0.5, 0.6) is 0 Å². The van der Waals surface area contributed by atoms with Crippen molar-refractivity contribution in [3.8, 4) is 0 Å². The molecule has 0 spiro atoms. The molecule has 0 saturated carbocycles. The van der Waals surface area contributed by atoms with Crippen LogP contribution in [0.2, 0.25) is 0 Å². The minimum absolute atomic E-state index is 0.0843. The number of amides is 1. The zero-order chi connectivity index (χ0) is 13.5. The Morgan fingerprint density at radius 2 is 2.44 bits per heavy atom. The summed E-state index contributed by atoms with van der Waals surface area (Å²) in [5.41, 5.74) is 2.54. The van der Waals surface area contributed by atoms with E-state index in [2.05, 4.69) is 15.7 Å². The van der Waals surface area contributed by atoms with Gasteiger partial charge in [0.15, 0.2) is 0 Å². The lowest BCUT2D eigenvalue weighted by Crippen LogP contribution is -2.48. The molecule has 1 aliphatic rings. The highest BCUT2D eigenvalue weighted by molar-refractivity contribution is 5.80. The first-order chi connectivity index (χ1) is 8.56. The normalized spacial score (nSPS) is 22.9. The Bertz CT molecular complexity index is 308. The Morgan fingerprint density at radius 3 is 3.00 bits per heavy atom. The first kappa shape index (κ1) is 14.7. The van der Waals surface area contributed by atoms with E-state index in [1.807, 2.05) is 6.92 Å². The lowest BCUT2D eigenvalue weighted by Gasteiger charge is -2.28. The van der Waals surface area contributed by atoms with E-state index in [9.17, 15) is 4.79 Å². The zero-order valence-corrected chi connectivity index (χ0v) is 11.3. The number of hydrogen-bond donors (Lipinski definition) is 3. The standard InChI is InChI=1S/C11H23N5O2/c1-8(7-18-3)13-11(15-12)14-9-4-5-10(17)16(2)6-9/h8-9H,4-7,12H2,1-3H3,(H2,13,14,15). The number of nitrogens with two attached hydrogens (primary N) is 1. The van der Waals surface area contributed by atoms with Crippen LogP contribution in [-0.2, 0) is 9.53 Å². The summed E-state index contributed by atoms with van der Waals surface area (Å²) in [7, 11) is 3.44. The largest absolute Gasteiger partial charge is 0.383 e. The first-order valence-corrected chi connectivity index (χ1v) is 6.10. The molecule has 104 valence electrons. The van der Waals surface area contributed by atoms with Gasteiger partial charge in [-0.25, -0.2) is 10.8 Å².